The van der Waals surface area contributed by atoms with Gasteiger partial charge >= 0.3 is 6.36 Å². The van der Waals surface area contributed by atoms with Crippen molar-refractivity contribution in [1.82, 2.24) is 25.1 Å². The van der Waals surface area contributed by atoms with Gasteiger partial charge in [-0.05, 0) is 18.2 Å². The minimum atomic E-state index is -4.99. The van der Waals surface area contributed by atoms with Crippen molar-refractivity contribution in [3.05, 3.63) is 42.4 Å². The molecule has 0 bridgehead atoms. The Hall–Kier alpha value is -3.69. The number of amides is 2. The Morgan fingerprint density at radius 3 is 2.66 bits per heavy atom. The van der Waals surface area contributed by atoms with Gasteiger partial charge in [-0.3, -0.25) is 29.8 Å². The first-order chi connectivity index (χ1) is 16.8. The van der Waals surface area contributed by atoms with Crippen molar-refractivity contribution in [2.75, 3.05) is 43.5 Å². The number of anilines is 2. The van der Waals surface area contributed by atoms with E-state index >= 15 is 0 Å². The van der Waals surface area contributed by atoms with Gasteiger partial charge in [0.25, 0.3) is 5.91 Å². The number of ether oxygens (including phenoxy) is 2. The zero-order chi connectivity index (χ0) is 24.8. The van der Waals surface area contributed by atoms with Crippen LogP contribution in [0.25, 0.3) is 10.7 Å². The van der Waals surface area contributed by atoms with Crippen LogP contribution in [-0.2, 0) is 9.53 Å². The highest BCUT2D eigenvalue weighted by Gasteiger charge is 2.32. The Balaban J connectivity index is 1.49. The quantitative estimate of drug-likeness (QED) is 0.493. The zero-order valence-electron chi connectivity index (χ0n) is 17.9. The number of nitrogens with zero attached hydrogens (tertiary/aromatic N) is 5. The highest BCUT2D eigenvalue weighted by atomic mass is 32.1. The van der Waals surface area contributed by atoms with Crippen LogP contribution in [0.5, 0.6) is 5.75 Å². The maximum absolute atomic E-state index is 12.9. The molecule has 2 N–H and O–H groups in total. The zero-order valence-corrected chi connectivity index (χ0v) is 18.7. The predicted octanol–water partition coefficient (Wildman–Crippen LogP) is 2.42. The van der Waals surface area contributed by atoms with E-state index in [1.54, 1.807) is 4.90 Å². The van der Waals surface area contributed by atoms with Crippen molar-refractivity contribution in [3.8, 4) is 16.5 Å². The first-order valence-electron chi connectivity index (χ1n) is 10.2. The van der Waals surface area contributed by atoms with Gasteiger partial charge in [0.05, 0.1) is 31.6 Å². The van der Waals surface area contributed by atoms with Gasteiger partial charge in [0.1, 0.15) is 5.69 Å². The summed E-state index contributed by atoms with van der Waals surface area (Å²) in [5.41, 5.74) is 0.132. The molecular formula is C20H18F3N7O4S. The van der Waals surface area contributed by atoms with E-state index in [9.17, 15) is 22.8 Å². The van der Waals surface area contributed by atoms with Crippen LogP contribution < -0.4 is 15.4 Å². The van der Waals surface area contributed by atoms with Gasteiger partial charge in [0.15, 0.2) is 10.8 Å². The van der Waals surface area contributed by atoms with Crippen molar-refractivity contribution in [1.29, 1.82) is 0 Å². The third-order valence-electron chi connectivity index (χ3n) is 4.64. The van der Waals surface area contributed by atoms with Crippen LogP contribution in [-0.4, -0.2) is 76.1 Å². The third-order valence-corrected chi connectivity index (χ3v) is 5.50. The summed E-state index contributed by atoms with van der Waals surface area (Å²) in [4.78, 5) is 35.0. The van der Waals surface area contributed by atoms with Crippen LogP contribution >= 0.6 is 11.3 Å². The molecule has 1 aromatic carbocycles. The summed E-state index contributed by atoms with van der Waals surface area (Å²) in [5, 5.41) is 13.3. The lowest BCUT2D eigenvalue weighted by molar-refractivity contribution is -0.274. The second-order valence-electron chi connectivity index (χ2n) is 7.15. The molecule has 0 aliphatic carbocycles. The summed E-state index contributed by atoms with van der Waals surface area (Å²) in [6.45, 7) is 1.88. The van der Waals surface area contributed by atoms with Crippen LogP contribution in [0, 0.1) is 0 Å². The highest BCUT2D eigenvalue weighted by Crippen LogP contribution is 2.32. The molecule has 1 saturated heterocycles. The molecule has 15 heteroatoms. The van der Waals surface area contributed by atoms with E-state index in [1.807, 2.05) is 0 Å². The molecule has 35 heavy (non-hydrogen) atoms. The molecule has 1 aliphatic rings. The topological polar surface area (TPSA) is 131 Å². The molecule has 0 spiro atoms. The van der Waals surface area contributed by atoms with Crippen molar-refractivity contribution in [3.63, 3.8) is 0 Å². The molecule has 2 aromatic heterocycles. The van der Waals surface area contributed by atoms with Gasteiger partial charge in [-0.1, -0.05) is 11.3 Å². The second-order valence-corrected chi connectivity index (χ2v) is 8.13. The molecule has 0 saturated carbocycles. The summed E-state index contributed by atoms with van der Waals surface area (Å²) < 4.78 is 47.8. The summed E-state index contributed by atoms with van der Waals surface area (Å²) in [6, 6.07) is 3.19. The first-order valence-corrected chi connectivity index (χ1v) is 11.0. The monoisotopic (exact) mass is 509 g/mol. The van der Waals surface area contributed by atoms with Gasteiger partial charge in [0.2, 0.25) is 11.0 Å². The second kappa shape index (κ2) is 10.7. The highest BCUT2D eigenvalue weighted by molar-refractivity contribution is 7.18. The lowest BCUT2D eigenvalue weighted by atomic mass is 10.1. The van der Waals surface area contributed by atoms with Crippen LogP contribution in [0.1, 0.15) is 10.4 Å². The Morgan fingerprint density at radius 1 is 1.14 bits per heavy atom. The first kappa shape index (κ1) is 24.4. The molecule has 0 radical (unpaired) electrons. The maximum atomic E-state index is 12.9. The van der Waals surface area contributed by atoms with E-state index in [-0.39, 0.29) is 22.9 Å². The molecule has 1 fully saturated rings. The molecule has 3 heterocycles. The number of alkyl halides is 3. The molecule has 1 aliphatic heterocycles. The van der Waals surface area contributed by atoms with E-state index < -0.39 is 23.9 Å². The van der Waals surface area contributed by atoms with E-state index in [0.717, 1.165) is 29.5 Å². The lowest BCUT2D eigenvalue weighted by Crippen LogP contribution is -2.41. The molecule has 2 amide bonds. The number of carbonyl (C=O) groups is 2. The smallest absolute Gasteiger partial charge is 0.404 e. The molecule has 3 aromatic rings. The summed E-state index contributed by atoms with van der Waals surface area (Å²) in [7, 11) is 0. The SMILES string of the molecule is O=C(CN1CCOCC1)Nc1cc(C(=O)Nc2nnc(-c3cnccn3)s2)ccc1OC(F)(F)F. The van der Waals surface area contributed by atoms with Gasteiger partial charge in [-0.15, -0.1) is 23.4 Å². The van der Waals surface area contributed by atoms with Gasteiger partial charge in [-0.2, -0.15) is 0 Å². The number of hydrogen-bond acceptors (Lipinski definition) is 10. The minimum Gasteiger partial charge on any atom is -0.404 e. The van der Waals surface area contributed by atoms with E-state index in [0.29, 0.717) is 37.0 Å². The summed E-state index contributed by atoms with van der Waals surface area (Å²) in [6.07, 6.45) is -0.529. The van der Waals surface area contributed by atoms with Gasteiger partial charge in [-0.25, -0.2) is 0 Å². The third kappa shape index (κ3) is 6.91. The molecule has 184 valence electrons. The normalized spacial score (nSPS) is 14.4. The fourth-order valence-corrected chi connectivity index (χ4v) is 3.79. The minimum absolute atomic E-state index is 0.0301. The van der Waals surface area contributed by atoms with E-state index in [2.05, 4.69) is 35.5 Å². The van der Waals surface area contributed by atoms with Crippen molar-refractivity contribution >= 4 is 34.0 Å². The van der Waals surface area contributed by atoms with Crippen LogP contribution in [0.3, 0.4) is 0 Å². The van der Waals surface area contributed by atoms with E-state index in [1.165, 1.54) is 18.6 Å². The molecule has 4 rings (SSSR count). The van der Waals surface area contributed by atoms with Gasteiger partial charge < -0.3 is 14.8 Å². The molecule has 0 unspecified atom stereocenters. The number of halogens is 3. The lowest BCUT2D eigenvalue weighted by Gasteiger charge is -2.26. The number of carbonyl (C=O) groups excluding carboxylic acids is 2. The number of hydrogen-bond donors (Lipinski definition) is 2. The Labute approximate surface area is 200 Å². The number of benzene rings is 1. The number of nitrogens with one attached hydrogen (secondary N) is 2. The van der Waals surface area contributed by atoms with Gasteiger partial charge in [0, 0.05) is 31.0 Å². The number of morpholine rings is 1. The van der Waals surface area contributed by atoms with Crippen LogP contribution in [0.4, 0.5) is 24.0 Å². The van der Waals surface area contributed by atoms with Crippen LogP contribution in [0.15, 0.2) is 36.8 Å². The number of aromatic nitrogens is 4. The fraction of sp³-hybridized carbons (Fsp3) is 0.300. The Kier molecular flexibility index (Phi) is 7.48. The van der Waals surface area contributed by atoms with Crippen LogP contribution in [0.2, 0.25) is 0 Å². The molecule has 0 atom stereocenters. The molecule has 11 nitrogen and oxygen atoms in total. The van der Waals surface area contributed by atoms with E-state index in [4.69, 9.17) is 4.74 Å². The largest absolute Gasteiger partial charge is 0.573 e. The number of rotatable bonds is 7. The Bertz CT molecular complexity index is 1190. The maximum Gasteiger partial charge on any atom is 0.573 e. The van der Waals surface area contributed by atoms with Crippen molar-refractivity contribution in [2.45, 2.75) is 6.36 Å². The predicted molar refractivity (Wildman–Crippen MR) is 118 cm³/mol. The average Bonchev–Trinajstić information content (AvgIpc) is 3.29. The van der Waals surface area contributed by atoms with Crippen molar-refractivity contribution < 1.29 is 32.2 Å². The summed E-state index contributed by atoms with van der Waals surface area (Å²) in [5.74, 6) is -1.88. The summed E-state index contributed by atoms with van der Waals surface area (Å²) >= 11 is 1.04. The van der Waals surface area contributed by atoms with Crippen molar-refractivity contribution in [2.24, 2.45) is 0 Å². The average molecular weight is 509 g/mol. The fourth-order valence-electron chi connectivity index (χ4n) is 3.09. The molecular weight excluding hydrogens is 491 g/mol. The Morgan fingerprint density at radius 2 is 1.94 bits per heavy atom. The standard InChI is InChI=1S/C20H18F3N7O4S/c21-20(22,23)34-15-2-1-12(9-13(15)26-16(31)11-30-5-7-33-8-6-30)17(32)27-19-29-28-18(35-19)14-10-24-3-4-25-14/h1-4,9-10H,5-8,11H2,(H,26,31)(H,27,29,32).